The van der Waals surface area contributed by atoms with Crippen LogP contribution in [0, 0.1) is 3.57 Å². The zero-order chi connectivity index (χ0) is 17.3. The van der Waals surface area contributed by atoms with Gasteiger partial charge in [0.15, 0.2) is 0 Å². The molecule has 140 valence electrons. The molecule has 1 heterocycles. The second kappa shape index (κ2) is 10.8. The minimum atomic E-state index is 0.794. The summed E-state index contributed by atoms with van der Waals surface area (Å²) >= 11 is 2.61. The predicted octanol–water partition coefficient (Wildman–Crippen LogP) is 7.82. The highest BCUT2D eigenvalue weighted by molar-refractivity contribution is 14.1. The maximum Gasteiger partial charge on any atom is 0.0386 e. The Kier molecular flexibility index (Phi) is 8.42. The van der Waals surface area contributed by atoms with Gasteiger partial charge in [-0.15, -0.1) is 0 Å². The molecule has 1 fully saturated rings. The third-order valence-corrected chi connectivity index (χ3v) is 7.18. The highest BCUT2D eigenvalue weighted by Gasteiger charge is 2.17. The van der Waals surface area contributed by atoms with Crippen LogP contribution in [-0.2, 0) is 6.42 Å². The number of hydrogen-bond donors (Lipinski definition) is 1. The monoisotopic (exact) mass is 453 g/mol. The minimum absolute atomic E-state index is 0.794. The van der Waals surface area contributed by atoms with E-state index in [2.05, 4.69) is 40.0 Å². The van der Waals surface area contributed by atoms with Crippen LogP contribution in [0.4, 0.5) is 5.69 Å². The van der Waals surface area contributed by atoms with Crippen LogP contribution in [-0.4, -0.2) is 6.54 Å². The summed E-state index contributed by atoms with van der Waals surface area (Å²) in [6.45, 7) is 1.15. The molecule has 1 saturated carbocycles. The Morgan fingerprint density at radius 3 is 2.04 bits per heavy atom. The molecule has 3 rings (SSSR count). The number of nitrogens with one attached hydrogen (secondary N) is 1. The Morgan fingerprint density at radius 2 is 1.32 bits per heavy atom. The normalized spacial score (nSPS) is 21.8. The van der Waals surface area contributed by atoms with Gasteiger partial charge in [-0.1, -0.05) is 64.2 Å². The predicted molar refractivity (Wildman–Crippen MR) is 119 cm³/mol. The van der Waals surface area contributed by atoms with E-state index in [0.717, 1.165) is 12.5 Å². The third kappa shape index (κ3) is 6.15. The molecule has 2 aliphatic rings. The van der Waals surface area contributed by atoms with Gasteiger partial charge in [0.1, 0.15) is 0 Å². The van der Waals surface area contributed by atoms with Crippen LogP contribution >= 0.6 is 22.6 Å². The van der Waals surface area contributed by atoms with E-state index in [1.165, 1.54) is 106 Å². The smallest absolute Gasteiger partial charge is 0.0386 e. The summed E-state index contributed by atoms with van der Waals surface area (Å²) in [4.78, 5) is 0. The fourth-order valence-corrected chi connectivity index (χ4v) is 5.55. The number of halogens is 1. The molecule has 1 aliphatic heterocycles. The Balaban J connectivity index is 1.78. The topological polar surface area (TPSA) is 12.0 Å². The summed E-state index contributed by atoms with van der Waals surface area (Å²) in [6, 6.07) is 5.06. The minimum Gasteiger partial charge on any atom is -0.385 e. The van der Waals surface area contributed by atoms with Gasteiger partial charge in [0.2, 0.25) is 0 Å². The summed E-state index contributed by atoms with van der Waals surface area (Å²) in [5.74, 6) is 0.794. The molecule has 0 aromatic heterocycles. The van der Waals surface area contributed by atoms with Gasteiger partial charge in [-0.25, -0.2) is 0 Å². The van der Waals surface area contributed by atoms with Gasteiger partial charge in [0.25, 0.3) is 0 Å². The number of hydrogen-bond acceptors (Lipinski definition) is 1. The van der Waals surface area contributed by atoms with Crippen molar-refractivity contribution in [2.75, 3.05) is 11.9 Å². The van der Waals surface area contributed by atoms with Crippen LogP contribution in [0.1, 0.15) is 107 Å². The number of rotatable bonds is 1. The molecule has 1 N–H and O–H groups in total. The van der Waals surface area contributed by atoms with Gasteiger partial charge < -0.3 is 5.32 Å². The first-order chi connectivity index (χ1) is 12.3. The van der Waals surface area contributed by atoms with Crippen molar-refractivity contribution in [2.45, 2.75) is 102 Å². The number of fused-ring (bicyclic) bond motifs is 1. The standard InChI is InChI=1S/C23H36IN/c24-22-17-20(19-13-9-5-4-6-10-14-19)18-23-21(22)15-11-7-2-1-3-8-12-16-25-23/h17-19,25H,1-16H2. The first-order valence-electron chi connectivity index (χ1n) is 10.9. The van der Waals surface area contributed by atoms with Crippen LogP contribution in [0.25, 0.3) is 0 Å². The lowest BCUT2D eigenvalue weighted by Gasteiger charge is -2.23. The van der Waals surface area contributed by atoms with Crippen LogP contribution in [0.15, 0.2) is 12.1 Å². The fourth-order valence-electron chi connectivity index (χ4n) is 4.63. The van der Waals surface area contributed by atoms with Crippen molar-refractivity contribution in [1.82, 2.24) is 0 Å². The molecular formula is C23H36IN. The van der Waals surface area contributed by atoms with E-state index in [9.17, 15) is 0 Å². The number of benzene rings is 1. The van der Waals surface area contributed by atoms with E-state index in [-0.39, 0.29) is 0 Å². The van der Waals surface area contributed by atoms with Gasteiger partial charge >= 0.3 is 0 Å². The Hall–Kier alpha value is -0.250. The Labute approximate surface area is 168 Å². The van der Waals surface area contributed by atoms with Gasteiger partial charge in [-0.3, -0.25) is 0 Å². The van der Waals surface area contributed by atoms with E-state index >= 15 is 0 Å². The average molecular weight is 453 g/mol. The van der Waals surface area contributed by atoms with Crippen LogP contribution in [0.2, 0.25) is 0 Å². The molecule has 1 aromatic carbocycles. The van der Waals surface area contributed by atoms with Crippen LogP contribution < -0.4 is 5.32 Å². The number of anilines is 1. The molecule has 0 atom stereocenters. The molecule has 0 bridgehead atoms. The first kappa shape index (κ1) is 19.5. The van der Waals surface area contributed by atoms with Crippen molar-refractivity contribution in [3.05, 3.63) is 26.8 Å². The quantitative estimate of drug-likeness (QED) is 0.428. The largest absolute Gasteiger partial charge is 0.385 e. The molecule has 1 nitrogen and oxygen atoms in total. The lowest BCUT2D eigenvalue weighted by atomic mass is 9.85. The van der Waals surface area contributed by atoms with Gasteiger partial charge in [0, 0.05) is 15.8 Å². The maximum atomic E-state index is 3.82. The molecule has 0 spiro atoms. The second-order valence-electron chi connectivity index (χ2n) is 8.22. The van der Waals surface area contributed by atoms with E-state index in [0.29, 0.717) is 0 Å². The molecule has 0 unspecified atom stereocenters. The van der Waals surface area contributed by atoms with Gasteiger partial charge in [-0.05, 0) is 83.9 Å². The van der Waals surface area contributed by atoms with Crippen molar-refractivity contribution in [1.29, 1.82) is 0 Å². The summed E-state index contributed by atoms with van der Waals surface area (Å²) in [6.07, 6.45) is 21.0. The molecule has 25 heavy (non-hydrogen) atoms. The second-order valence-corrected chi connectivity index (χ2v) is 9.38. The van der Waals surface area contributed by atoms with E-state index in [1.54, 1.807) is 11.1 Å². The van der Waals surface area contributed by atoms with Crippen LogP contribution in [0.3, 0.4) is 0 Å². The molecule has 0 saturated heterocycles. The van der Waals surface area contributed by atoms with Gasteiger partial charge in [0.05, 0.1) is 0 Å². The van der Waals surface area contributed by atoms with E-state index in [4.69, 9.17) is 0 Å². The molecule has 0 amide bonds. The van der Waals surface area contributed by atoms with E-state index in [1.807, 2.05) is 0 Å². The first-order valence-corrected chi connectivity index (χ1v) is 12.0. The summed E-state index contributed by atoms with van der Waals surface area (Å²) in [7, 11) is 0. The van der Waals surface area contributed by atoms with Crippen LogP contribution in [0.5, 0.6) is 0 Å². The fraction of sp³-hybridized carbons (Fsp3) is 0.739. The lowest BCUT2D eigenvalue weighted by molar-refractivity contribution is 0.455. The van der Waals surface area contributed by atoms with E-state index < -0.39 is 0 Å². The average Bonchev–Trinajstić information content (AvgIpc) is 2.56. The molecule has 2 heteroatoms. The summed E-state index contributed by atoms with van der Waals surface area (Å²) in [5.41, 5.74) is 4.67. The van der Waals surface area contributed by atoms with Crippen molar-refractivity contribution in [2.24, 2.45) is 0 Å². The van der Waals surface area contributed by atoms with Gasteiger partial charge in [-0.2, -0.15) is 0 Å². The van der Waals surface area contributed by atoms with Crippen molar-refractivity contribution in [3.63, 3.8) is 0 Å². The SMILES string of the molecule is Ic1cc(C2CCCCCCC2)cc2c1CCCCCCCCCN2. The third-order valence-electron chi connectivity index (χ3n) is 6.21. The van der Waals surface area contributed by atoms with Crippen molar-refractivity contribution >= 4 is 28.3 Å². The molecule has 1 aliphatic carbocycles. The molecule has 1 aromatic rings. The van der Waals surface area contributed by atoms with Crippen molar-refractivity contribution < 1.29 is 0 Å². The zero-order valence-corrected chi connectivity index (χ0v) is 18.1. The Morgan fingerprint density at radius 1 is 0.720 bits per heavy atom. The highest BCUT2D eigenvalue weighted by Crippen LogP contribution is 2.35. The zero-order valence-electron chi connectivity index (χ0n) is 15.9. The summed E-state index contributed by atoms with van der Waals surface area (Å²) < 4.78 is 1.51. The molecule has 0 radical (unpaired) electrons. The van der Waals surface area contributed by atoms with Crippen molar-refractivity contribution in [3.8, 4) is 0 Å². The maximum absolute atomic E-state index is 3.82. The molecular weight excluding hydrogens is 417 g/mol. The Bertz CT molecular complexity index is 517. The highest BCUT2D eigenvalue weighted by atomic mass is 127. The summed E-state index contributed by atoms with van der Waals surface area (Å²) in [5, 5.41) is 3.82. The lowest BCUT2D eigenvalue weighted by Crippen LogP contribution is -2.09.